The zero-order valence-electron chi connectivity index (χ0n) is 17.9. The maximum Gasteiger partial charge on any atom is 0.270 e. The molecule has 1 unspecified atom stereocenters. The lowest BCUT2D eigenvalue weighted by Crippen LogP contribution is -2.45. The lowest BCUT2D eigenvalue weighted by Gasteiger charge is -2.33. The van der Waals surface area contributed by atoms with Crippen molar-refractivity contribution in [2.24, 2.45) is 11.0 Å². The molecule has 5 nitrogen and oxygen atoms in total. The van der Waals surface area contributed by atoms with Crippen molar-refractivity contribution in [3.63, 3.8) is 0 Å². The van der Waals surface area contributed by atoms with Crippen molar-refractivity contribution in [2.75, 3.05) is 39.0 Å². The van der Waals surface area contributed by atoms with Gasteiger partial charge in [0.25, 0.3) is 5.91 Å². The molecule has 0 saturated carbocycles. The second-order valence-corrected chi connectivity index (χ2v) is 8.75. The second-order valence-electron chi connectivity index (χ2n) is 7.46. The predicted octanol–water partition coefficient (Wildman–Crippen LogP) is 4.55. The van der Waals surface area contributed by atoms with Crippen LogP contribution in [0.1, 0.15) is 37.7 Å². The van der Waals surface area contributed by atoms with Crippen LogP contribution in [0.5, 0.6) is 0 Å². The Hall–Kier alpha value is -1.57. The van der Waals surface area contributed by atoms with E-state index in [-0.39, 0.29) is 23.6 Å². The summed E-state index contributed by atoms with van der Waals surface area (Å²) in [5.41, 5.74) is 4.51. The third kappa shape index (κ3) is 6.46. The Labute approximate surface area is 188 Å². The van der Waals surface area contributed by atoms with Crippen molar-refractivity contribution < 1.29 is 9.18 Å². The van der Waals surface area contributed by atoms with Crippen LogP contribution < -0.4 is 5.43 Å². The first kappa shape index (κ1) is 24.7. The summed E-state index contributed by atoms with van der Waals surface area (Å²) in [6.45, 7) is 11.9. The number of piperidine rings is 1. The van der Waals surface area contributed by atoms with Crippen molar-refractivity contribution in [2.45, 2.75) is 32.1 Å². The maximum absolute atomic E-state index is 13.6. The van der Waals surface area contributed by atoms with E-state index in [2.05, 4.69) is 41.2 Å². The summed E-state index contributed by atoms with van der Waals surface area (Å²) < 4.78 is 15.9. The number of hydrazone groups is 1. The monoisotopic (exact) mass is 454 g/mol. The van der Waals surface area contributed by atoms with Crippen molar-refractivity contribution >= 4 is 35.2 Å². The first-order valence-corrected chi connectivity index (χ1v) is 11.9. The van der Waals surface area contributed by atoms with Crippen LogP contribution in [-0.4, -0.2) is 59.8 Å². The molecule has 1 aromatic carbocycles. The standard InChI is InChI=1S/C20H28ClFN4OS.C2H4/c1-14-13-26(28-2)9-3-8-23-24-19(14)20(27)25-10-6-15(7-11-25)17-12-16(22)4-5-18(17)21;1-2/h4-5,12,14-15,23H,3,6-11,13H2,1-2H3;1-2H2/b24-19+;. The molecule has 1 saturated heterocycles. The molecule has 0 spiro atoms. The highest BCUT2D eigenvalue weighted by Gasteiger charge is 2.30. The highest BCUT2D eigenvalue weighted by molar-refractivity contribution is 7.96. The van der Waals surface area contributed by atoms with Crippen LogP contribution in [-0.2, 0) is 4.79 Å². The van der Waals surface area contributed by atoms with E-state index < -0.39 is 0 Å². The Balaban J connectivity index is 0.00000155. The fourth-order valence-corrected chi connectivity index (χ4v) is 4.83. The number of carbonyl (C=O) groups excluding carboxylic acids is 1. The zero-order valence-corrected chi connectivity index (χ0v) is 19.4. The van der Waals surface area contributed by atoms with Gasteiger partial charge in [-0.2, -0.15) is 5.10 Å². The first-order chi connectivity index (χ1) is 14.5. The van der Waals surface area contributed by atoms with E-state index in [9.17, 15) is 9.18 Å². The molecule has 1 N–H and O–H groups in total. The highest BCUT2D eigenvalue weighted by Crippen LogP contribution is 2.33. The van der Waals surface area contributed by atoms with Gasteiger partial charge in [-0.3, -0.25) is 9.10 Å². The van der Waals surface area contributed by atoms with E-state index in [1.165, 1.54) is 12.1 Å². The number of benzene rings is 1. The van der Waals surface area contributed by atoms with E-state index in [0.717, 1.165) is 44.5 Å². The SMILES string of the molecule is C=C.CSN1CCCN/N=C(/C(=O)N2CCC(c3cc(F)ccc3Cl)CC2)C(C)C1. The van der Waals surface area contributed by atoms with Gasteiger partial charge in [-0.05, 0) is 55.2 Å². The van der Waals surface area contributed by atoms with Crippen LogP contribution >= 0.6 is 23.5 Å². The van der Waals surface area contributed by atoms with Crippen LogP contribution in [0.2, 0.25) is 5.02 Å². The topological polar surface area (TPSA) is 47.9 Å². The van der Waals surface area contributed by atoms with Crippen LogP contribution in [0.3, 0.4) is 0 Å². The summed E-state index contributed by atoms with van der Waals surface area (Å²) in [6.07, 6.45) is 4.62. The molecule has 1 fully saturated rings. The molecule has 1 aromatic rings. The molecule has 0 radical (unpaired) electrons. The fraction of sp³-hybridized carbons (Fsp3) is 0.545. The molecule has 30 heavy (non-hydrogen) atoms. The normalized spacial score (nSPS) is 23.0. The van der Waals surface area contributed by atoms with Crippen molar-refractivity contribution in [1.82, 2.24) is 14.6 Å². The fourth-order valence-electron chi connectivity index (χ4n) is 3.88. The minimum atomic E-state index is -0.268. The molecule has 0 bridgehead atoms. The van der Waals surface area contributed by atoms with Crippen molar-refractivity contribution in [3.8, 4) is 0 Å². The molecule has 0 aromatic heterocycles. The largest absolute Gasteiger partial charge is 0.337 e. The minimum absolute atomic E-state index is 0.00624. The number of halogens is 2. The molecule has 1 atom stereocenters. The second kappa shape index (κ2) is 12.3. The van der Waals surface area contributed by atoms with Gasteiger partial charge in [0.2, 0.25) is 0 Å². The van der Waals surface area contributed by atoms with E-state index in [1.54, 1.807) is 18.0 Å². The van der Waals surface area contributed by atoms with Gasteiger partial charge >= 0.3 is 0 Å². The van der Waals surface area contributed by atoms with E-state index in [0.29, 0.717) is 23.8 Å². The lowest BCUT2D eigenvalue weighted by molar-refractivity contribution is -0.125. The third-order valence-corrected chi connectivity index (χ3v) is 6.69. The Morgan fingerprint density at radius 2 is 2.00 bits per heavy atom. The van der Waals surface area contributed by atoms with Gasteiger partial charge in [0, 0.05) is 43.7 Å². The minimum Gasteiger partial charge on any atom is -0.337 e. The highest BCUT2D eigenvalue weighted by atomic mass is 35.5. The molecule has 2 aliphatic rings. The van der Waals surface area contributed by atoms with Crippen molar-refractivity contribution in [1.29, 1.82) is 0 Å². The Kier molecular flexibility index (Phi) is 10.1. The number of likely N-dealkylation sites (tertiary alicyclic amines) is 1. The number of amides is 1. The smallest absolute Gasteiger partial charge is 0.270 e. The van der Waals surface area contributed by atoms with Crippen LogP contribution in [0.4, 0.5) is 4.39 Å². The Bertz CT molecular complexity index is 740. The summed E-state index contributed by atoms with van der Waals surface area (Å²) >= 11 is 7.98. The number of carbonyl (C=O) groups is 1. The van der Waals surface area contributed by atoms with E-state index in [4.69, 9.17) is 11.6 Å². The Morgan fingerprint density at radius 1 is 1.30 bits per heavy atom. The average Bonchev–Trinajstić information content (AvgIpc) is 2.86. The van der Waals surface area contributed by atoms with Crippen LogP contribution in [0, 0.1) is 11.7 Å². The average molecular weight is 455 g/mol. The first-order valence-electron chi connectivity index (χ1n) is 10.3. The summed E-state index contributed by atoms with van der Waals surface area (Å²) in [4.78, 5) is 15.0. The summed E-state index contributed by atoms with van der Waals surface area (Å²) in [7, 11) is 0. The van der Waals surface area contributed by atoms with Gasteiger partial charge in [0.05, 0.1) is 0 Å². The molecular formula is C22H32ClFN4OS. The van der Waals surface area contributed by atoms with Gasteiger partial charge in [-0.25, -0.2) is 4.39 Å². The summed E-state index contributed by atoms with van der Waals surface area (Å²) in [5, 5.41) is 5.04. The number of nitrogens with one attached hydrogen (secondary N) is 1. The van der Waals surface area contributed by atoms with Gasteiger partial charge in [0.1, 0.15) is 11.5 Å². The van der Waals surface area contributed by atoms with E-state index in [1.807, 2.05) is 4.90 Å². The zero-order chi connectivity index (χ0) is 22.1. The van der Waals surface area contributed by atoms with Crippen LogP contribution in [0.25, 0.3) is 0 Å². The molecule has 1 amide bonds. The molecular weight excluding hydrogens is 423 g/mol. The third-order valence-electron chi connectivity index (χ3n) is 5.50. The molecule has 166 valence electrons. The maximum atomic E-state index is 13.6. The number of rotatable bonds is 3. The van der Waals surface area contributed by atoms with Gasteiger partial charge < -0.3 is 10.3 Å². The summed E-state index contributed by atoms with van der Waals surface area (Å²) in [6, 6.07) is 4.52. The predicted molar refractivity (Wildman–Crippen MR) is 126 cm³/mol. The van der Waals surface area contributed by atoms with Gasteiger partial charge in [0.15, 0.2) is 0 Å². The molecule has 0 aliphatic carbocycles. The lowest BCUT2D eigenvalue weighted by atomic mass is 9.89. The van der Waals surface area contributed by atoms with Gasteiger partial charge in [-0.1, -0.05) is 30.5 Å². The number of nitrogens with zero attached hydrogens (tertiary/aromatic N) is 3. The summed E-state index contributed by atoms with van der Waals surface area (Å²) in [5.74, 6) is -0.0268. The Morgan fingerprint density at radius 3 is 2.67 bits per heavy atom. The van der Waals surface area contributed by atoms with Crippen molar-refractivity contribution in [3.05, 3.63) is 47.8 Å². The quantitative estimate of drug-likeness (QED) is 0.537. The molecule has 3 rings (SSSR count). The van der Waals surface area contributed by atoms with Gasteiger partial charge in [-0.15, -0.1) is 13.2 Å². The number of hydrogen-bond donors (Lipinski definition) is 1. The van der Waals surface area contributed by atoms with E-state index >= 15 is 0 Å². The number of hydrogen-bond acceptors (Lipinski definition) is 5. The van der Waals surface area contributed by atoms with Crippen LogP contribution in [0.15, 0.2) is 36.5 Å². The molecule has 2 aliphatic heterocycles. The molecule has 8 heteroatoms. The molecule has 2 heterocycles.